The quantitative estimate of drug-likeness (QED) is 0.571. The van der Waals surface area contributed by atoms with Crippen LogP contribution in [-0.2, 0) is 0 Å². The van der Waals surface area contributed by atoms with Crippen LogP contribution < -0.4 is 0 Å². The van der Waals surface area contributed by atoms with Gasteiger partial charge in [-0.3, -0.25) is 0 Å². The van der Waals surface area contributed by atoms with Gasteiger partial charge in [0, 0.05) is 0 Å². The molecular weight excluding hydrogens is 216 g/mol. The fraction of sp³-hybridized carbons (Fsp3) is 0. The normalized spacial score (nSPS) is 10.4. The third-order valence-corrected chi connectivity index (χ3v) is 3.21. The van der Waals surface area contributed by atoms with Crippen molar-refractivity contribution in [3.05, 3.63) is 78.9 Å². The maximum atomic E-state index is 3.82. The van der Waals surface area contributed by atoms with E-state index in [0.717, 1.165) is 5.56 Å². The van der Waals surface area contributed by atoms with Crippen molar-refractivity contribution in [1.29, 1.82) is 0 Å². The summed E-state index contributed by atoms with van der Waals surface area (Å²) in [5.74, 6) is 0. The molecule has 0 unspecified atom stereocenters. The van der Waals surface area contributed by atoms with Gasteiger partial charge >= 0.3 is 0 Å². The van der Waals surface area contributed by atoms with Crippen molar-refractivity contribution in [2.75, 3.05) is 0 Å². The molecule has 0 nitrogen and oxygen atoms in total. The van der Waals surface area contributed by atoms with Crippen LogP contribution in [0.3, 0.4) is 0 Å². The fourth-order valence-corrected chi connectivity index (χ4v) is 2.20. The highest BCUT2D eigenvalue weighted by Crippen LogP contribution is 2.25. The molecule has 3 aromatic rings. The molecule has 0 N–H and O–H groups in total. The van der Waals surface area contributed by atoms with E-state index in [0.29, 0.717) is 0 Å². The summed E-state index contributed by atoms with van der Waals surface area (Å²) < 4.78 is 0. The van der Waals surface area contributed by atoms with E-state index in [1.165, 1.54) is 21.9 Å². The molecule has 3 aromatic carbocycles. The summed E-state index contributed by atoms with van der Waals surface area (Å²) in [4.78, 5) is 0. The van der Waals surface area contributed by atoms with Crippen molar-refractivity contribution in [1.82, 2.24) is 0 Å². The van der Waals surface area contributed by atoms with E-state index >= 15 is 0 Å². The number of hydrogen-bond acceptors (Lipinski definition) is 0. The molecule has 0 bridgehead atoms. The second-order valence-corrected chi connectivity index (χ2v) is 4.39. The summed E-state index contributed by atoms with van der Waals surface area (Å²) in [6.07, 6.45) is 1.88. The first kappa shape index (κ1) is 10.8. The number of benzene rings is 3. The highest BCUT2D eigenvalue weighted by molar-refractivity contribution is 5.88. The summed E-state index contributed by atoms with van der Waals surface area (Å²) in [5.41, 5.74) is 3.67. The van der Waals surface area contributed by atoms with Crippen molar-refractivity contribution < 1.29 is 0 Å². The molecule has 0 aliphatic heterocycles. The molecule has 86 valence electrons. The van der Waals surface area contributed by atoms with Gasteiger partial charge in [0.15, 0.2) is 0 Å². The Morgan fingerprint density at radius 1 is 0.667 bits per heavy atom. The minimum atomic E-state index is 1.16. The van der Waals surface area contributed by atoms with Crippen LogP contribution in [0.5, 0.6) is 0 Å². The van der Waals surface area contributed by atoms with Crippen molar-refractivity contribution in [3.8, 4) is 11.1 Å². The second kappa shape index (κ2) is 4.50. The van der Waals surface area contributed by atoms with Gasteiger partial charge in [-0.25, -0.2) is 0 Å². The van der Waals surface area contributed by atoms with Crippen LogP contribution in [0, 0.1) is 0 Å². The van der Waals surface area contributed by atoms with Crippen LogP contribution in [0.15, 0.2) is 73.3 Å². The van der Waals surface area contributed by atoms with Gasteiger partial charge in [-0.15, -0.1) is 0 Å². The molecule has 3 rings (SSSR count). The zero-order valence-corrected chi connectivity index (χ0v) is 10.1. The van der Waals surface area contributed by atoms with Gasteiger partial charge < -0.3 is 0 Å². The lowest BCUT2D eigenvalue weighted by Gasteiger charge is -2.05. The molecule has 0 aliphatic carbocycles. The summed E-state index contributed by atoms with van der Waals surface area (Å²) in [6, 6.07) is 23.4. The van der Waals surface area contributed by atoms with Crippen LogP contribution >= 0.6 is 0 Å². The first-order valence-corrected chi connectivity index (χ1v) is 6.08. The Labute approximate surface area is 107 Å². The Morgan fingerprint density at radius 2 is 1.44 bits per heavy atom. The highest BCUT2D eigenvalue weighted by atomic mass is 14.0. The molecule has 0 amide bonds. The molecule has 0 heteroatoms. The Morgan fingerprint density at radius 3 is 2.22 bits per heavy atom. The SMILES string of the molecule is C=Cc1ccc2ccc(-c3ccccc3)cc2c1. The predicted octanol–water partition coefficient (Wildman–Crippen LogP) is 5.15. The molecule has 0 radical (unpaired) electrons. The van der Waals surface area contributed by atoms with E-state index < -0.39 is 0 Å². The minimum Gasteiger partial charge on any atom is -0.0985 e. The van der Waals surface area contributed by atoms with Crippen molar-refractivity contribution in [2.45, 2.75) is 0 Å². The van der Waals surface area contributed by atoms with Gasteiger partial charge in [0.05, 0.1) is 0 Å². The van der Waals surface area contributed by atoms with Crippen LogP contribution in [0.1, 0.15) is 5.56 Å². The standard InChI is InChI=1S/C18H14/c1-2-14-8-9-16-10-11-17(13-18(16)12-14)15-6-4-3-5-7-15/h2-13H,1H2. The molecular formula is C18H14. The largest absolute Gasteiger partial charge is 0.0985 e. The molecule has 0 spiro atoms. The monoisotopic (exact) mass is 230 g/mol. The zero-order valence-electron chi connectivity index (χ0n) is 10.1. The highest BCUT2D eigenvalue weighted by Gasteiger charge is 1.99. The second-order valence-electron chi connectivity index (χ2n) is 4.39. The fourth-order valence-electron chi connectivity index (χ4n) is 2.20. The average Bonchev–Trinajstić information content (AvgIpc) is 2.47. The van der Waals surface area contributed by atoms with Gasteiger partial charge in [0.1, 0.15) is 0 Å². The summed E-state index contributed by atoms with van der Waals surface area (Å²) in [6.45, 7) is 3.82. The predicted molar refractivity (Wildman–Crippen MR) is 79.5 cm³/mol. The zero-order chi connectivity index (χ0) is 12.4. The Kier molecular flexibility index (Phi) is 2.70. The van der Waals surface area contributed by atoms with Gasteiger partial charge in [0.25, 0.3) is 0 Å². The molecule has 0 saturated carbocycles. The first-order valence-electron chi connectivity index (χ1n) is 6.08. The van der Waals surface area contributed by atoms with Crippen LogP contribution in [0.25, 0.3) is 28.0 Å². The molecule has 0 atom stereocenters. The van der Waals surface area contributed by atoms with Gasteiger partial charge in [-0.2, -0.15) is 0 Å². The topological polar surface area (TPSA) is 0 Å². The van der Waals surface area contributed by atoms with Crippen molar-refractivity contribution in [2.24, 2.45) is 0 Å². The van der Waals surface area contributed by atoms with Crippen LogP contribution in [0.2, 0.25) is 0 Å². The Bertz CT molecular complexity index is 694. The Balaban J connectivity index is 2.18. The summed E-state index contributed by atoms with van der Waals surface area (Å²) in [7, 11) is 0. The number of rotatable bonds is 2. The first-order chi connectivity index (χ1) is 8.86. The third-order valence-electron chi connectivity index (χ3n) is 3.21. The summed E-state index contributed by atoms with van der Waals surface area (Å²) >= 11 is 0. The minimum absolute atomic E-state index is 1.16. The maximum absolute atomic E-state index is 3.82. The molecule has 0 saturated heterocycles. The van der Waals surface area contributed by atoms with E-state index in [1.54, 1.807) is 0 Å². The summed E-state index contributed by atoms with van der Waals surface area (Å²) in [5, 5.41) is 2.52. The Hall–Kier alpha value is -2.34. The molecule has 0 aliphatic rings. The average molecular weight is 230 g/mol. The van der Waals surface area contributed by atoms with E-state index in [1.807, 2.05) is 12.1 Å². The van der Waals surface area contributed by atoms with Gasteiger partial charge in [0.2, 0.25) is 0 Å². The van der Waals surface area contributed by atoms with Crippen LogP contribution in [0.4, 0.5) is 0 Å². The number of fused-ring (bicyclic) bond motifs is 1. The number of hydrogen-bond donors (Lipinski definition) is 0. The van der Waals surface area contributed by atoms with E-state index in [2.05, 4.69) is 67.2 Å². The van der Waals surface area contributed by atoms with Crippen molar-refractivity contribution >= 4 is 16.8 Å². The lowest BCUT2D eigenvalue weighted by molar-refractivity contribution is 1.64. The van der Waals surface area contributed by atoms with Gasteiger partial charge in [-0.1, -0.05) is 67.3 Å². The van der Waals surface area contributed by atoms with Crippen LogP contribution in [-0.4, -0.2) is 0 Å². The molecule has 18 heavy (non-hydrogen) atoms. The van der Waals surface area contributed by atoms with Crippen molar-refractivity contribution in [3.63, 3.8) is 0 Å². The maximum Gasteiger partial charge on any atom is -0.0172 e. The molecule has 0 fully saturated rings. The molecule has 0 heterocycles. The van der Waals surface area contributed by atoms with E-state index in [4.69, 9.17) is 0 Å². The van der Waals surface area contributed by atoms with Gasteiger partial charge in [-0.05, 0) is 39.6 Å². The lowest BCUT2D eigenvalue weighted by atomic mass is 10.00. The van der Waals surface area contributed by atoms with E-state index in [-0.39, 0.29) is 0 Å². The lowest BCUT2D eigenvalue weighted by Crippen LogP contribution is -1.79. The smallest absolute Gasteiger partial charge is 0.0172 e. The molecule has 0 aromatic heterocycles. The third kappa shape index (κ3) is 1.93. The van der Waals surface area contributed by atoms with E-state index in [9.17, 15) is 0 Å².